The highest BCUT2D eigenvalue weighted by atomic mass is 16.6. The highest BCUT2D eigenvalue weighted by Crippen LogP contribution is 2.43. The Morgan fingerprint density at radius 3 is 1.68 bits per heavy atom. The van der Waals surface area contributed by atoms with Gasteiger partial charge in [-0.3, -0.25) is 14.4 Å². The maximum absolute atomic E-state index is 12.3. The molecule has 0 aromatic rings. The van der Waals surface area contributed by atoms with Crippen molar-refractivity contribution in [2.75, 3.05) is 0 Å². The van der Waals surface area contributed by atoms with Crippen LogP contribution >= 0.6 is 0 Å². The van der Waals surface area contributed by atoms with E-state index in [1.165, 1.54) is 0 Å². The number of carboxylic acids is 1. The number of esters is 1. The molecule has 0 aromatic heterocycles. The van der Waals surface area contributed by atoms with E-state index in [4.69, 9.17) is 15.6 Å². The first-order valence-electron chi connectivity index (χ1n) is 5.99. The van der Waals surface area contributed by atoms with E-state index in [1.807, 2.05) is 0 Å². The average molecular weight is 273 g/mol. The van der Waals surface area contributed by atoms with Crippen LogP contribution in [0.4, 0.5) is 0 Å². The Morgan fingerprint density at radius 2 is 1.47 bits per heavy atom. The molecule has 6 nitrogen and oxygen atoms in total. The summed E-state index contributed by atoms with van der Waals surface area (Å²) in [6, 6.07) is 0. The molecule has 6 heteroatoms. The zero-order chi connectivity index (χ0) is 15.6. The van der Waals surface area contributed by atoms with Gasteiger partial charge in [0.25, 0.3) is 0 Å². The molecule has 0 rings (SSSR count). The summed E-state index contributed by atoms with van der Waals surface area (Å²) in [5.74, 6) is -3.17. The molecule has 1 amide bonds. The lowest BCUT2D eigenvalue weighted by molar-refractivity contribution is -0.182. The summed E-state index contributed by atoms with van der Waals surface area (Å²) in [6.07, 6.45) is -0.694. The van der Waals surface area contributed by atoms with Crippen molar-refractivity contribution >= 4 is 17.8 Å². The lowest BCUT2D eigenvalue weighted by Crippen LogP contribution is -2.55. The van der Waals surface area contributed by atoms with Gasteiger partial charge in [-0.2, -0.15) is 0 Å². The van der Waals surface area contributed by atoms with Crippen LogP contribution in [0.25, 0.3) is 0 Å². The van der Waals surface area contributed by atoms with Gasteiger partial charge in [0.2, 0.25) is 5.91 Å². The van der Waals surface area contributed by atoms with E-state index in [0.717, 1.165) is 0 Å². The number of amides is 1. The average Bonchev–Trinajstić information content (AvgIpc) is 2.07. The molecule has 0 aliphatic carbocycles. The quantitative estimate of drug-likeness (QED) is 0.593. The fourth-order valence-electron chi connectivity index (χ4n) is 1.79. The minimum absolute atomic E-state index is 0.694. The van der Waals surface area contributed by atoms with Crippen LogP contribution in [0.15, 0.2) is 0 Å². The molecular formula is C13H23NO5. The minimum atomic E-state index is -1.90. The normalized spacial score (nSPS) is 15.5. The van der Waals surface area contributed by atoms with E-state index in [0.29, 0.717) is 0 Å². The summed E-state index contributed by atoms with van der Waals surface area (Å²) in [7, 11) is 0. The Morgan fingerprint density at radius 1 is 1.05 bits per heavy atom. The standard InChI is InChI=1S/C13H23NO5/c1-11(2,3)13(9(14)17,7-8(15)16)10(18)19-12(4,5)6/h7H2,1-6H3,(H2,14,17)(H,15,16)/t13-/m0/s1. The predicted octanol–water partition coefficient (Wildman–Crippen LogP) is 1.32. The van der Waals surface area contributed by atoms with Gasteiger partial charge in [0.05, 0.1) is 6.42 Å². The third-order valence-electron chi connectivity index (χ3n) is 2.86. The van der Waals surface area contributed by atoms with Gasteiger partial charge in [-0.05, 0) is 26.2 Å². The molecule has 0 bridgehead atoms. The number of carbonyl (C=O) groups is 3. The lowest BCUT2D eigenvalue weighted by Gasteiger charge is -2.40. The first-order valence-corrected chi connectivity index (χ1v) is 5.99. The molecule has 3 N–H and O–H groups in total. The van der Waals surface area contributed by atoms with Crippen molar-refractivity contribution in [3.05, 3.63) is 0 Å². The summed E-state index contributed by atoms with van der Waals surface area (Å²) in [5, 5.41) is 8.99. The van der Waals surface area contributed by atoms with E-state index in [-0.39, 0.29) is 0 Å². The summed E-state index contributed by atoms with van der Waals surface area (Å²) in [5.41, 5.74) is 1.62. The predicted molar refractivity (Wildman–Crippen MR) is 69.2 cm³/mol. The number of ether oxygens (including phenoxy) is 1. The molecule has 0 radical (unpaired) electrons. The first-order chi connectivity index (χ1) is 8.24. The lowest BCUT2D eigenvalue weighted by atomic mass is 9.64. The summed E-state index contributed by atoms with van der Waals surface area (Å²) >= 11 is 0. The fourth-order valence-corrected chi connectivity index (χ4v) is 1.79. The highest BCUT2D eigenvalue weighted by Gasteiger charge is 2.57. The SMILES string of the molecule is CC(C)(C)OC(=O)[C@](CC(=O)O)(C(N)=O)C(C)(C)C. The van der Waals surface area contributed by atoms with Crippen LogP contribution in [0.5, 0.6) is 0 Å². The van der Waals surface area contributed by atoms with E-state index < -0.39 is 40.7 Å². The van der Waals surface area contributed by atoms with Crippen molar-refractivity contribution in [3.8, 4) is 0 Å². The van der Waals surface area contributed by atoms with Crippen molar-refractivity contribution in [2.45, 2.75) is 53.6 Å². The maximum atomic E-state index is 12.3. The number of carbonyl (C=O) groups excluding carboxylic acids is 2. The molecule has 19 heavy (non-hydrogen) atoms. The Labute approximate surface area is 113 Å². The summed E-state index contributed by atoms with van der Waals surface area (Å²) in [4.78, 5) is 35.1. The van der Waals surface area contributed by atoms with Gasteiger partial charge in [-0.15, -0.1) is 0 Å². The number of carboxylic acid groups (broad SMARTS) is 1. The van der Waals surface area contributed by atoms with Crippen LogP contribution in [0.3, 0.4) is 0 Å². The number of aliphatic carboxylic acids is 1. The molecule has 0 fully saturated rings. The van der Waals surface area contributed by atoms with E-state index >= 15 is 0 Å². The number of rotatable bonds is 4. The number of nitrogens with two attached hydrogens (primary N) is 1. The highest BCUT2D eigenvalue weighted by molar-refractivity contribution is 6.05. The Kier molecular flexibility index (Phi) is 4.75. The molecule has 0 saturated carbocycles. The van der Waals surface area contributed by atoms with Crippen LogP contribution in [-0.4, -0.2) is 28.6 Å². The molecular weight excluding hydrogens is 250 g/mol. The Bertz CT molecular complexity index is 389. The van der Waals surface area contributed by atoms with Gasteiger partial charge in [-0.1, -0.05) is 20.8 Å². The minimum Gasteiger partial charge on any atom is -0.481 e. The van der Waals surface area contributed by atoms with Crippen LogP contribution in [-0.2, 0) is 19.1 Å². The fraction of sp³-hybridized carbons (Fsp3) is 0.769. The van der Waals surface area contributed by atoms with Gasteiger partial charge in [0.15, 0.2) is 5.41 Å². The third-order valence-corrected chi connectivity index (χ3v) is 2.86. The van der Waals surface area contributed by atoms with Crippen LogP contribution in [0.2, 0.25) is 0 Å². The molecule has 0 aromatic carbocycles. The second-order valence-electron chi connectivity index (χ2n) is 6.59. The summed E-state index contributed by atoms with van der Waals surface area (Å²) < 4.78 is 5.19. The maximum Gasteiger partial charge on any atom is 0.323 e. The van der Waals surface area contributed by atoms with E-state index in [1.54, 1.807) is 41.5 Å². The largest absolute Gasteiger partial charge is 0.481 e. The van der Waals surface area contributed by atoms with Crippen molar-refractivity contribution < 1.29 is 24.2 Å². The molecule has 110 valence electrons. The topological polar surface area (TPSA) is 107 Å². The van der Waals surface area contributed by atoms with Gasteiger partial charge in [0.1, 0.15) is 5.60 Å². The van der Waals surface area contributed by atoms with Crippen LogP contribution in [0, 0.1) is 10.8 Å². The Hall–Kier alpha value is -1.59. The van der Waals surface area contributed by atoms with Crippen LogP contribution in [0.1, 0.15) is 48.0 Å². The van der Waals surface area contributed by atoms with Crippen molar-refractivity contribution in [1.82, 2.24) is 0 Å². The van der Waals surface area contributed by atoms with E-state index in [2.05, 4.69) is 0 Å². The number of primary amides is 1. The van der Waals surface area contributed by atoms with Gasteiger partial charge in [-0.25, -0.2) is 0 Å². The van der Waals surface area contributed by atoms with Crippen molar-refractivity contribution in [3.63, 3.8) is 0 Å². The molecule has 0 unspecified atom stereocenters. The van der Waals surface area contributed by atoms with Crippen molar-refractivity contribution in [2.24, 2.45) is 16.6 Å². The van der Waals surface area contributed by atoms with Gasteiger partial charge in [0, 0.05) is 0 Å². The number of hydrogen-bond donors (Lipinski definition) is 2. The second kappa shape index (κ2) is 5.19. The zero-order valence-electron chi connectivity index (χ0n) is 12.4. The van der Waals surface area contributed by atoms with Gasteiger partial charge < -0.3 is 15.6 Å². The second-order valence-corrected chi connectivity index (χ2v) is 6.59. The smallest absolute Gasteiger partial charge is 0.323 e. The molecule has 0 spiro atoms. The molecule has 0 heterocycles. The van der Waals surface area contributed by atoms with Gasteiger partial charge >= 0.3 is 11.9 Å². The monoisotopic (exact) mass is 273 g/mol. The molecule has 0 aliphatic rings. The zero-order valence-corrected chi connectivity index (χ0v) is 12.4. The summed E-state index contributed by atoms with van der Waals surface area (Å²) in [6.45, 7) is 9.68. The molecule has 0 saturated heterocycles. The molecule has 1 atom stereocenters. The first kappa shape index (κ1) is 17.4. The molecule has 0 aliphatic heterocycles. The number of hydrogen-bond acceptors (Lipinski definition) is 4. The van der Waals surface area contributed by atoms with E-state index in [9.17, 15) is 14.4 Å². The Balaban J connectivity index is 5.80. The van der Waals surface area contributed by atoms with Crippen molar-refractivity contribution in [1.29, 1.82) is 0 Å². The third kappa shape index (κ3) is 3.94. The van der Waals surface area contributed by atoms with Crippen LogP contribution < -0.4 is 5.73 Å².